The molecule has 2 heterocycles. The van der Waals surface area contributed by atoms with E-state index in [2.05, 4.69) is 15.5 Å². The molecule has 0 amide bonds. The Labute approximate surface area is 122 Å². The number of furan rings is 1. The number of hydrogen-bond donors (Lipinski definition) is 1. The van der Waals surface area contributed by atoms with Gasteiger partial charge in [-0.1, -0.05) is 23.4 Å². The van der Waals surface area contributed by atoms with Gasteiger partial charge >= 0.3 is 0 Å². The summed E-state index contributed by atoms with van der Waals surface area (Å²) in [5.41, 5.74) is 0.811. The van der Waals surface area contributed by atoms with Crippen LogP contribution in [0.5, 0.6) is 0 Å². The van der Waals surface area contributed by atoms with Gasteiger partial charge in [-0.15, -0.1) is 0 Å². The second-order valence-electron chi connectivity index (χ2n) is 4.81. The number of rotatable bonds is 6. The van der Waals surface area contributed by atoms with Crippen molar-refractivity contribution in [3.05, 3.63) is 36.2 Å². The van der Waals surface area contributed by atoms with E-state index in [9.17, 15) is 0 Å². The summed E-state index contributed by atoms with van der Waals surface area (Å²) >= 11 is 0. The first kappa shape index (κ1) is 13.8. The standard InChI is InChI=1S/C15H17N3O3/c1-16-11(9-19-2)8-14-17-15(18-21-14)13-7-10-5-3-4-6-12(10)20-13/h3-7,11,16H,8-9H2,1-2H3. The number of hydrogen-bond acceptors (Lipinski definition) is 6. The van der Waals surface area contributed by atoms with Gasteiger partial charge in [0.1, 0.15) is 5.58 Å². The van der Waals surface area contributed by atoms with Gasteiger partial charge in [0.05, 0.1) is 6.61 Å². The number of para-hydroxylation sites is 1. The highest BCUT2D eigenvalue weighted by Gasteiger charge is 2.16. The predicted molar refractivity (Wildman–Crippen MR) is 77.9 cm³/mol. The maximum Gasteiger partial charge on any atom is 0.238 e. The monoisotopic (exact) mass is 287 g/mol. The SMILES string of the molecule is CNC(COC)Cc1nc(-c2cc3ccccc3o2)no1. The van der Waals surface area contributed by atoms with Crippen LogP contribution in [0.15, 0.2) is 39.3 Å². The Kier molecular flexibility index (Phi) is 3.98. The summed E-state index contributed by atoms with van der Waals surface area (Å²) in [7, 11) is 3.54. The molecule has 6 heteroatoms. The molecular formula is C15H17N3O3. The first-order valence-electron chi connectivity index (χ1n) is 6.78. The molecule has 0 aliphatic rings. The van der Waals surface area contributed by atoms with Gasteiger partial charge in [-0.3, -0.25) is 0 Å². The zero-order chi connectivity index (χ0) is 14.7. The number of benzene rings is 1. The molecule has 0 fully saturated rings. The molecule has 110 valence electrons. The highest BCUT2D eigenvalue weighted by atomic mass is 16.5. The molecule has 0 aliphatic heterocycles. The molecule has 0 radical (unpaired) electrons. The highest BCUT2D eigenvalue weighted by molar-refractivity contribution is 5.81. The maximum atomic E-state index is 5.72. The molecule has 21 heavy (non-hydrogen) atoms. The van der Waals surface area contributed by atoms with Crippen molar-refractivity contribution in [1.29, 1.82) is 0 Å². The number of likely N-dealkylation sites (N-methyl/N-ethyl adjacent to an activating group) is 1. The molecule has 3 rings (SSSR count). The van der Waals surface area contributed by atoms with Crippen molar-refractivity contribution < 1.29 is 13.7 Å². The van der Waals surface area contributed by atoms with Gasteiger partial charge in [0.15, 0.2) is 5.76 Å². The van der Waals surface area contributed by atoms with E-state index < -0.39 is 0 Å². The summed E-state index contributed by atoms with van der Waals surface area (Å²) in [6.45, 7) is 0.582. The third kappa shape index (κ3) is 2.96. The van der Waals surface area contributed by atoms with Gasteiger partial charge < -0.3 is 19.0 Å². The van der Waals surface area contributed by atoms with E-state index in [1.54, 1.807) is 7.11 Å². The summed E-state index contributed by atoms with van der Waals surface area (Å²) in [4.78, 5) is 4.38. The molecule has 1 atom stereocenters. The maximum absolute atomic E-state index is 5.72. The predicted octanol–water partition coefficient (Wildman–Crippen LogP) is 2.26. The number of nitrogens with one attached hydrogen (secondary N) is 1. The molecular weight excluding hydrogens is 270 g/mol. The van der Waals surface area contributed by atoms with Crippen LogP contribution in [0.3, 0.4) is 0 Å². The topological polar surface area (TPSA) is 73.3 Å². The highest BCUT2D eigenvalue weighted by Crippen LogP contribution is 2.25. The summed E-state index contributed by atoms with van der Waals surface area (Å²) in [6, 6.07) is 9.84. The van der Waals surface area contributed by atoms with Gasteiger partial charge in [-0.25, -0.2) is 0 Å². The van der Waals surface area contributed by atoms with Crippen molar-refractivity contribution in [2.24, 2.45) is 0 Å². The Morgan fingerprint density at radius 2 is 2.19 bits per heavy atom. The lowest BCUT2D eigenvalue weighted by atomic mass is 10.2. The zero-order valence-electron chi connectivity index (χ0n) is 12.0. The third-order valence-corrected chi connectivity index (χ3v) is 3.31. The second kappa shape index (κ2) is 6.07. The molecule has 0 bridgehead atoms. The number of aromatic nitrogens is 2. The fraction of sp³-hybridized carbons (Fsp3) is 0.333. The van der Waals surface area contributed by atoms with Crippen LogP contribution < -0.4 is 5.32 Å². The van der Waals surface area contributed by atoms with Crippen LogP contribution in [-0.2, 0) is 11.2 Å². The minimum atomic E-state index is 0.138. The smallest absolute Gasteiger partial charge is 0.238 e. The van der Waals surface area contributed by atoms with E-state index in [1.807, 2.05) is 37.4 Å². The quantitative estimate of drug-likeness (QED) is 0.749. The van der Waals surface area contributed by atoms with Crippen LogP contribution in [0, 0.1) is 0 Å². The fourth-order valence-electron chi connectivity index (χ4n) is 2.19. The van der Waals surface area contributed by atoms with E-state index in [0.717, 1.165) is 11.0 Å². The summed E-state index contributed by atoms with van der Waals surface area (Å²) < 4.78 is 16.1. The van der Waals surface area contributed by atoms with Crippen LogP contribution in [0.4, 0.5) is 0 Å². The molecule has 0 saturated carbocycles. The number of ether oxygens (including phenoxy) is 1. The summed E-state index contributed by atoms with van der Waals surface area (Å²) in [6.07, 6.45) is 0.609. The van der Waals surface area contributed by atoms with Crippen molar-refractivity contribution in [3.8, 4) is 11.6 Å². The molecule has 1 N–H and O–H groups in total. The van der Waals surface area contributed by atoms with Crippen molar-refractivity contribution >= 4 is 11.0 Å². The molecule has 0 saturated heterocycles. The van der Waals surface area contributed by atoms with Crippen molar-refractivity contribution in [2.75, 3.05) is 20.8 Å². The molecule has 0 spiro atoms. The molecule has 1 aromatic carbocycles. The molecule has 2 aromatic heterocycles. The largest absolute Gasteiger partial charge is 0.453 e. The summed E-state index contributed by atoms with van der Waals surface area (Å²) in [5, 5.41) is 8.15. The third-order valence-electron chi connectivity index (χ3n) is 3.31. The van der Waals surface area contributed by atoms with Crippen LogP contribution >= 0.6 is 0 Å². The molecule has 0 aliphatic carbocycles. The average Bonchev–Trinajstić information content (AvgIpc) is 3.12. The number of fused-ring (bicyclic) bond motifs is 1. The van der Waals surface area contributed by atoms with Crippen molar-refractivity contribution in [1.82, 2.24) is 15.5 Å². The Morgan fingerprint density at radius 1 is 1.33 bits per heavy atom. The normalized spacial score (nSPS) is 12.9. The Balaban J connectivity index is 1.80. The lowest BCUT2D eigenvalue weighted by molar-refractivity contribution is 0.165. The van der Waals surface area contributed by atoms with E-state index >= 15 is 0 Å². The first-order chi connectivity index (χ1) is 10.3. The van der Waals surface area contributed by atoms with E-state index in [1.165, 1.54) is 0 Å². The number of methoxy groups -OCH3 is 1. The first-order valence-corrected chi connectivity index (χ1v) is 6.78. The van der Waals surface area contributed by atoms with Gasteiger partial charge in [-0.2, -0.15) is 4.98 Å². The molecule has 6 nitrogen and oxygen atoms in total. The minimum Gasteiger partial charge on any atom is -0.453 e. The zero-order valence-corrected chi connectivity index (χ0v) is 12.0. The summed E-state index contributed by atoms with van der Waals surface area (Å²) in [5.74, 6) is 1.63. The van der Waals surface area contributed by atoms with Crippen LogP contribution in [0.1, 0.15) is 5.89 Å². The van der Waals surface area contributed by atoms with E-state index in [-0.39, 0.29) is 6.04 Å². The van der Waals surface area contributed by atoms with Gasteiger partial charge in [-0.05, 0) is 19.2 Å². The van der Waals surface area contributed by atoms with E-state index in [0.29, 0.717) is 30.5 Å². The number of nitrogens with zero attached hydrogens (tertiary/aromatic N) is 2. The Bertz CT molecular complexity index is 687. The Hall–Kier alpha value is -2.18. The lowest BCUT2D eigenvalue weighted by Gasteiger charge is -2.11. The lowest BCUT2D eigenvalue weighted by Crippen LogP contribution is -2.32. The fourth-order valence-corrected chi connectivity index (χ4v) is 2.19. The van der Waals surface area contributed by atoms with Gasteiger partial charge in [0.2, 0.25) is 11.7 Å². The second-order valence-corrected chi connectivity index (χ2v) is 4.81. The van der Waals surface area contributed by atoms with Crippen LogP contribution in [0.2, 0.25) is 0 Å². The van der Waals surface area contributed by atoms with Crippen molar-refractivity contribution in [3.63, 3.8) is 0 Å². The van der Waals surface area contributed by atoms with Crippen LogP contribution in [-0.4, -0.2) is 36.9 Å². The average molecular weight is 287 g/mol. The molecule has 3 aromatic rings. The van der Waals surface area contributed by atoms with Crippen molar-refractivity contribution in [2.45, 2.75) is 12.5 Å². The minimum absolute atomic E-state index is 0.138. The van der Waals surface area contributed by atoms with E-state index in [4.69, 9.17) is 13.7 Å². The van der Waals surface area contributed by atoms with Gasteiger partial charge in [0, 0.05) is 25.0 Å². The van der Waals surface area contributed by atoms with Crippen LogP contribution in [0.25, 0.3) is 22.6 Å². The van der Waals surface area contributed by atoms with Gasteiger partial charge in [0.25, 0.3) is 0 Å². The molecule has 1 unspecified atom stereocenters. The Morgan fingerprint density at radius 3 is 2.95 bits per heavy atom.